The summed E-state index contributed by atoms with van der Waals surface area (Å²) in [5.41, 5.74) is 1.84. The lowest BCUT2D eigenvalue weighted by Crippen LogP contribution is -2.41. The standard InChI is InChI=1S/C18H24N4O3S/c1-2-3-6-13(9-21(25)11-23)18(24)22-12-26-10-16(22)17-19-14-7-4-5-8-15(14)20-17/h4-5,7-8,11,13,16,25H,2-3,6,9-10,12H2,1H3,(H,19,20). The quantitative estimate of drug-likeness (QED) is 0.420. The molecule has 2 amide bonds. The number of hydrogen-bond donors (Lipinski definition) is 2. The number of rotatable bonds is 8. The Kier molecular flexibility index (Phi) is 6.16. The number of fused-ring (bicyclic) bond motifs is 1. The summed E-state index contributed by atoms with van der Waals surface area (Å²) < 4.78 is 0. The van der Waals surface area contributed by atoms with Crippen molar-refractivity contribution in [3.63, 3.8) is 0 Å². The molecule has 1 aliphatic rings. The van der Waals surface area contributed by atoms with Crippen LogP contribution in [0.4, 0.5) is 0 Å². The van der Waals surface area contributed by atoms with Gasteiger partial charge in [0.15, 0.2) is 0 Å². The highest BCUT2D eigenvalue weighted by Gasteiger charge is 2.36. The van der Waals surface area contributed by atoms with Crippen LogP contribution in [0, 0.1) is 5.92 Å². The van der Waals surface area contributed by atoms with Gasteiger partial charge in [0.25, 0.3) is 0 Å². The third-order valence-electron chi connectivity index (χ3n) is 4.67. The average molecular weight is 376 g/mol. The van der Waals surface area contributed by atoms with Gasteiger partial charge < -0.3 is 9.88 Å². The van der Waals surface area contributed by atoms with Crippen molar-refractivity contribution in [1.82, 2.24) is 19.9 Å². The number of imidazole rings is 1. The predicted molar refractivity (Wildman–Crippen MR) is 101 cm³/mol. The minimum Gasteiger partial charge on any atom is -0.340 e. The van der Waals surface area contributed by atoms with E-state index in [2.05, 4.69) is 16.9 Å². The molecule has 0 aliphatic carbocycles. The Balaban J connectivity index is 1.80. The van der Waals surface area contributed by atoms with Crippen LogP contribution in [0.5, 0.6) is 0 Å². The summed E-state index contributed by atoms with van der Waals surface area (Å²) in [7, 11) is 0. The van der Waals surface area contributed by atoms with Crippen molar-refractivity contribution in [1.29, 1.82) is 0 Å². The van der Waals surface area contributed by atoms with Gasteiger partial charge in [-0.25, -0.2) is 10.0 Å². The van der Waals surface area contributed by atoms with E-state index in [9.17, 15) is 14.8 Å². The molecule has 0 spiro atoms. The van der Waals surface area contributed by atoms with E-state index in [0.717, 1.165) is 35.5 Å². The topological polar surface area (TPSA) is 89.5 Å². The molecule has 2 heterocycles. The minimum atomic E-state index is -0.407. The van der Waals surface area contributed by atoms with Gasteiger partial charge in [0, 0.05) is 5.75 Å². The molecule has 2 atom stereocenters. The molecular formula is C18H24N4O3S. The van der Waals surface area contributed by atoms with E-state index in [1.165, 1.54) is 0 Å². The van der Waals surface area contributed by atoms with Crippen LogP contribution in [0.1, 0.15) is 38.1 Å². The molecule has 0 radical (unpaired) electrons. The lowest BCUT2D eigenvalue weighted by Gasteiger charge is -2.28. The van der Waals surface area contributed by atoms with Gasteiger partial charge in [-0.2, -0.15) is 0 Å². The first-order valence-electron chi connectivity index (χ1n) is 8.87. The van der Waals surface area contributed by atoms with Crippen molar-refractivity contribution in [2.45, 2.75) is 32.2 Å². The van der Waals surface area contributed by atoms with Gasteiger partial charge in [-0.3, -0.25) is 14.8 Å². The molecule has 2 aromatic rings. The Morgan fingerprint density at radius 2 is 2.35 bits per heavy atom. The van der Waals surface area contributed by atoms with E-state index in [4.69, 9.17) is 0 Å². The van der Waals surface area contributed by atoms with Crippen LogP contribution in [-0.4, -0.2) is 55.6 Å². The summed E-state index contributed by atoms with van der Waals surface area (Å²) >= 11 is 1.69. The lowest BCUT2D eigenvalue weighted by molar-refractivity contribution is -0.157. The van der Waals surface area contributed by atoms with Crippen molar-refractivity contribution in [2.24, 2.45) is 5.92 Å². The van der Waals surface area contributed by atoms with E-state index in [1.807, 2.05) is 29.2 Å². The summed E-state index contributed by atoms with van der Waals surface area (Å²) in [6.45, 7) is 2.08. The van der Waals surface area contributed by atoms with Crippen LogP contribution in [0.15, 0.2) is 24.3 Å². The summed E-state index contributed by atoms with van der Waals surface area (Å²) in [6.07, 6.45) is 2.83. The van der Waals surface area contributed by atoms with E-state index in [0.29, 0.717) is 23.8 Å². The van der Waals surface area contributed by atoms with Gasteiger partial charge in [0.2, 0.25) is 12.3 Å². The van der Waals surface area contributed by atoms with Gasteiger partial charge in [0.05, 0.1) is 35.4 Å². The number of hydroxylamine groups is 2. The second-order valence-corrected chi connectivity index (χ2v) is 7.53. The number of aromatic amines is 1. The number of para-hydroxylation sites is 2. The predicted octanol–water partition coefficient (Wildman–Crippen LogP) is 2.79. The summed E-state index contributed by atoms with van der Waals surface area (Å²) in [4.78, 5) is 33.7. The van der Waals surface area contributed by atoms with Crippen molar-refractivity contribution >= 4 is 35.1 Å². The Bertz CT molecular complexity index is 733. The monoisotopic (exact) mass is 376 g/mol. The Morgan fingerprint density at radius 1 is 1.54 bits per heavy atom. The van der Waals surface area contributed by atoms with Crippen molar-refractivity contribution in [3.05, 3.63) is 30.1 Å². The fraction of sp³-hybridized carbons (Fsp3) is 0.500. The third-order valence-corrected chi connectivity index (χ3v) is 5.69. The Morgan fingerprint density at radius 3 is 3.08 bits per heavy atom. The molecule has 26 heavy (non-hydrogen) atoms. The average Bonchev–Trinajstić information content (AvgIpc) is 3.30. The Labute approximate surface area is 156 Å². The second kappa shape index (κ2) is 8.55. The van der Waals surface area contributed by atoms with Gasteiger partial charge in [0.1, 0.15) is 5.82 Å². The zero-order valence-electron chi connectivity index (χ0n) is 14.8. The number of nitrogens with one attached hydrogen (secondary N) is 1. The van der Waals surface area contributed by atoms with Gasteiger partial charge in [-0.05, 0) is 18.6 Å². The first kappa shape index (κ1) is 18.7. The first-order chi connectivity index (χ1) is 12.6. The molecule has 7 nitrogen and oxygen atoms in total. The molecule has 8 heteroatoms. The zero-order chi connectivity index (χ0) is 18.5. The largest absolute Gasteiger partial charge is 0.340 e. The minimum absolute atomic E-state index is 0.0242. The number of amides is 2. The van der Waals surface area contributed by atoms with Gasteiger partial charge in [-0.1, -0.05) is 31.9 Å². The molecule has 3 rings (SSSR count). The van der Waals surface area contributed by atoms with Crippen LogP contribution < -0.4 is 0 Å². The molecule has 1 aromatic heterocycles. The van der Waals surface area contributed by atoms with Crippen molar-refractivity contribution in [3.8, 4) is 0 Å². The maximum absolute atomic E-state index is 13.1. The smallest absolute Gasteiger partial charge is 0.233 e. The number of hydrogen-bond acceptors (Lipinski definition) is 5. The van der Waals surface area contributed by atoms with Crippen LogP contribution in [0.3, 0.4) is 0 Å². The molecule has 1 fully saturated rings. The molecule has 140 valence electrons. The van der Waals surface area contributed by atoms with Crippen LogP contribution in [-0.2, 0) is 9.59 Å². The van der Waals surface area contributed by atoms with E-state index >= 15 is 0 Å². The Hall–Kier alpha value is -2.06. The summed E-state index contributed by atoms with van der Waals surface area (Å²) in [6, 6.07) is 7.69. The highest BCUT2D eigenvalue weighted by molar-refractivity contribution is 7.99. The van der Waals surface area contributed by atoms with Crippen LogP contribution in [0.2, 0.25) is 0 Å². The zero-order valence-corrected chi connectivity index (χ0v) is 15.6. The third kappa shape index (κ3) is 4.02. The molecule has 1 aliphatic heterocycles. The maximum Gasteiger partial charge on any atom is 0.233 e. The van der Waals surface area contributed by atoms with E-state index in [-0.39, 0.29) is 18.5 Å². The molecule has 0 bridgehead atoms. The molecule has 2 N–H and O–H groups in total. The molecule has 2 unspecified atom stereocenters. The van der Waals surface area contributed by atoms with E-state index in [1.54, 1.807) is 11.8 Å². The molecule has 1 saturated heterocycles. The number of benzene rings is 1. The number of carbonyl (C=O) groups is 2. The highest BCUT2D eigenvalue weighted by atomic mass is 32.2. The summed E-state index contributed by atoms with van der Waals surface area (Å²) in [5, 5.41) is 10.1. The van der Waals surface area contributed by atoms with E-state index < -0.39 is 5.92 Å². The summed E-state index contributed by atoms with van der Waals surface area (Å²) in [5.74, 6) is 1.72. The second-order valence-electron chi connectivity index (χ2n) is 6.53. The van der Waals surface area contributed by atoms with Gasteiger partial charge in [-0.15, -0.1) is 11.8 Å². The first-order valence-corrected chi connectivity index (χ1v) is 10.0. The lowest BCUT2D eigenvalue weighted by atomic mass is 9.99. The van der Waals surface area contributed by atoms with Crippen molar-refractivity contribution in [2.75, 3.05) is 18.2 Å². The van der Waals surface area contributed by atoms with Crippen LogP contribution in [0.25, 0.3) is 11.0 Å². The number of aromatic nitrogens is 2. The number of nitrogens with zero attached hydrogens (tertiary/aromatic N) is 3. The highest BCUT2D eigenvalue weighted by Crippen LogP contribution is 2.34. The fourth-order valence-electron chi connectivity index (χ4n) is 3.26. The number of unbranched alkanes of at least 4 members (excludes halogenated alkanes) is 1. The molecule has 0 saturated carbocycles. The molecular weight excluding hydrogens is 352 g/mol. The maximum atomic E-state index is 13.1. The SMILES string of the molecule is CCCCC(CN(O)C=O)C(=O)N1CSCC1c1nc2ccccc2[nH]1. The number of carbonyl (C=O) groups excluding carboxylic acids is 2. The normalized spacial score (nSPS) is 18.2. The molecule has 1 aromatic carbocycles. The number of H-pyrrole nitrogens is 1. The van der Waals surface area contributed by atoms with Crippen LogP contribution >= 0.6 is 11.8 Å². The van der Waals surface area contributed by atoms with Gasteiger partial charge >= 0.3 is 0 Å². The fourth-order valence-corrected chi connectivity index (χ4v) is 4.43. The number of thioether (sulfide) groups is 1. The van der Waals surface area contributed by atoms with Crippen molar-refractivity contribution < 1.29 is 14.8 Å².